The molecule has 2 N–H and O–H groups in total. The van der Waals surface area contributed by atoms with Crippen LogP contribution in [0.3, 0.4) is 0 Å². The molecule has 0 spiro atoms. The van der Waals surface area contributed by atoms with Crippen LogP contribution in [0.1, 0.15) is 34.3 Å². The van der Waals surface area contributed by atoms with E-state index in [-0.39, 0.29) is 41.1 Å². The minimum atomic E-state index is -3.78. The van der Waals surface area contributed by atoms with Gasteiger partial charge in [-0.05, 0) is 48.2 Å². The Hall–Kier alpha value is -2.92. The molecule has 0 radical (unpaired) electrons. The number of rotatable bonds is 9. The van der Waals surface area contributed by atoms with E-state index >= 15 is 0 Å². The third-order valence-corrected chi connectivity index (χ3v) is 9.23. The van der Waals surface area contributed by atoms with Crippen LogP contribution in [0.15, 0.2) is 64.9 Å². The van der Waals surface area contributed by atoms with Crippen LogP contribution in [0.5, 0.6) is 5.75 Å². The van der Waals surface area contributed by atoms with Gasteiger partial charge in [-0.3, -0.25) is 4.79 Å². The van der Waals surface area contributed by atoms with Crippen molar-refractivity contribution in [1.29, 1.82) is 0 Å². The number of carboxylic acids is 1. The zero-order valence-corrected chi connectivity index (χ0v) is 20.9. The van der Waals surface area contributed by atoms with Gasteiger partial charge in [0, 0.05) is 13.1 Å². The number of nitrogens with one attached hydrogen (secondary N) is 1. The van der Waals surface area contributed by atoms with Gasteiger partial charge in [-0.2, -0.15) is 4.31 Å². The monoisotopic (exact) mass is 534 g/mol. The van der Waals surface area contributed by atoms with Gasteiger partial charge in [-0.15, -0.1) is 11.3 Å². The maximum absolute atomic E-state index is 13.0. The van der Waals surface area contributed by atoms with Gasteiger partial charge < -0.3 is 15.2 Å². The van der Waals surface area contributed by atoms with E-state index in [9.17, 15) is 23.1 Å². The number of thiophene rings is 1. The van der Waals surface area contributed by atoms with E-state index in [4.69, 9.17) is 16.3 Å². The second-order valence-corrected chi connectivity index (χ2v) is 11.8. The van der Waals surface area contributed by atoms with Gasteiger partial charge in [0.05, 0.1) is 4.34 Å². The van der Waals surface area contributed by atoms with Crippen molar-refractivity contribution in [3.05, 3.63) is 81.7 Å². The van der Waals surface area contributed by atoms with Crippen LogP contribution in [0.2, 0.25) is 4.34 Å². The Morgan fingerprint density at radius 3 is 2.49 bits per heavy atom. The van der Waals surface area contributed by atoms with Crippen LogP contribution in [0.4, 0.5) is 0 Å². The zero-order chi connectivity index (χ0) is 25.0. The van der Waals surface area contributed by atoms with E-state index in [1.54, 1.807) is 18.2 Å². The first kappa shape index (κ1) is 25.2. The Morgan fingerprint density at radius 2 is 1.80 bits per heavy atom. The van der Waals surface area contributed by atoms with Crippen molar-refractivity contribution in [2.45, 2.75) is 36.2 Å². The molecule has 1 atom stereocenters. The number of hydrogen-bond donors (Lipinski definition) is 2. The molecular formula is C24H23ClN2O6S2. The summed E-state index contributed by atoms with van der Waals surface area (Å²) in [5.74, 6) is -1.11. The molecule has 11 heteroatoms. The molecule has 3 aromatic rings. The van der Waals surface area contributed by atoms with Crippen molar-refractivity contribution in [3.8, 4) is 5.75 Å². The van der Waals surface area contributed by atoms with Gasteiger partial charge in [-0.1, -0.05) is 48.0 Å². The van der Waals surface area contributed by atoms with Gasteiger partial charge in [0.15, 0.2) is 0 Å². The lowest BCUT2D eigenvalue weighted by Crippen LogP contribution is -2.45. The van der Waals surface area contributed by atoms with Crippen molar-refractivity contribution in [2.75, 3.05) is 6.54 Å². The molecular weight excluding hydrogens is 512 g/mol. The lowest BCUT2D eigenvalue weighted by atomic mass is 10.1. The van der Waals surface area contributed by atoms with Crippen LogP contribution in [0, 0.1) is 0 Å². The SMILES string of the molecule is O=C(O)c1ccccc1OCc1ccc(CNC(=O)[C@@H]2CCCN2S(=O)(=O)c2ccc(Cl)s2)cc1. The smallest absolute Gasteiger partial charge is 0.339 e. The molecule has 35 heavy (non-hydrogen) atoms. The normalized spacial score (nSPS) is 16.2. The number of carbonyl (C=O) groups is 2. The highest BCUT2D eigenvalue weighted by Gasteiger charge is 2.40. The minimum Gasteiger partial charge on any atom is -0.488 e. The molecule has 4 rings (SSSR count). The quantitative estimate of drug-likeness (QED) is 0.426. The van der Waals surface area contributed by atoms with Crippen LogP contribution < -0.4 is 10.1 Å². The van der Waals surface area contributed by atoms with Gasteiger partial charge in [-0.25, -0.2) is 13.2 Å². The Morgan fingerprint density at radius 1 is 1.09 bits per heavy atom. The number of halogens is 1. The molecule has 1 aliphatic heterocycles. The fourth-order valence-electron chi connectivity index (χ4n) is 3.83. The Labute approximate surface area is 212 Å². The van der Waals surface area contributed by atoms with Crippen LogP contribution in [-0.2, 0) is 28.0 Å². The van der Waals surface area contributed by atoms with Crippen molar-refractivity contribution in [1.82, 2.24) is 9.62 Å². The third-order valence-electron chi connectivity index (χ3n) is 5.62. The Bertz CT molecular complexity index is 1320. The molecule has 1 fully saturated rings. The number of amides is 1. The Balaban J connectivity index is 1.33. The average molecular weight is 535 g/mol. The highest BCUT2D eigenvalue weighted by Crippen LogP contribution is 2.32. The van der Waals surface area contributed by atoms with E-state index in [1.807, 2.05) is 24.3 Å². The molecule has 2 heterocycles. The van der Waals surface area contributed by atoms with Crippen LogP contribution in [0.25, 0.3) is 0 Å². The van der Waals surface area contributed by atoms with Gasteiger partial charge in [0.2, 0.25) is 5.91 Å². The molecule has 0 saturated carbocycles. The largest absolute Gasteiger partial charge is 0.488 e. The summed E-state index contributed by atoms with van der Waals surface area (Å²) in [5.41, 5.74) is 1.77. The number of benzene rings is 2. The van der Waals surface area contributed by atoms with Gasteiger partial charge in [0.25, 0.3) is 10.0 Å². The minimum absolute atomic E-state index is 0.0944. The summed E-state index contributed by atoms with van der Waals surface area (Å²) < 4.78 is 33.3. The number of aromatic carboxylic acids is 1. The molecule has 1 saturated heterocycles. The fraction of sp³-hybridized carbons (Fsp3) is 0.250. The topological polar surface area (TPSA) is 113 Å². The van der Waals surface area contributed by atoms with Gasteiger partial charge in [0.1, 0.15) is 28.2 Å². The molecule has 1 aliphatic rings. The first-order valence-electron chi connectivity index (χ1n) is 10.8. The maximum Gasteiger partial charge on any atom is 0.339 e. The summed E-state index contributed by atoms with van der Waals surface area (Å²) in [4.78, 5) is 24.1. The lowest BCUT2D eigenvalue weighted by Gasteiger charge is -2.22. The van der Waals surface area contributed by atoms with E-state index in [0.717, 1.165) is 22.5 Å². The summed E-state index contributed by atoms with van der Waals surface area (Å²) in [5, 5.41) is 12.1. The van der Waals surface area contributed by atoms with E-state index in [2.05, 4.69) is 5.32 Å². The number of nitrogens with zero attached hydrogens (tertiary/aromatic N) is 1. The fourth-order valence-corrected chi connectivity index (χ4v) is 7.10. The van der Waals surface area contributed by atoms with Crippen molar-refractivity contribution >= 4 is 44.8 Å². The standard InChI is InChI=1S/C24H23ClN2O6S2/c25-21-11-12-22(34-21)35(31,32)27-13-3-5-19(27)23(28)26-14-16-7-9-17(10-8-16)15-33-20-6-2-1-4-18(20)24(29)30/h1-2,4,6-12,19H,3,5,13-15H2,(H,26,28)(H,29,30)/t19-/m0/s1. The molecule has 8 nitrogen and oxygen atoms in total. The first-order valence-corrected chi connectivity index (χ1v) is 13.5. The van der Waals surface area contributed by atoms with E-state index in [0.29, 0.717) is 17.2 Å². The molecule has 2 aromatic carbocycles. The molecule has 0 unspecified atom stereocenters. The highest BCUT2D eigenvalue weighted by atomic mass is 35.5. The van der Waals surface area contributed by atoms with Crippen molar-refractivity contribution in [2.24, 2.45) is 0 Å². The second-order valence-electron chi connectivity index (χ2n) is 7.96. The van der Waals surface area contributed by atoms with Crippen LogP contribution in [-0.4, -0.2) is 42.3 Å². The number of ether oxygens (including phenoxy) is 1. The lowest BCUT2D eigenvalue weighted by molar-refractivity contribution is -0.124. The number of hydrogen-bond acceptors (Lipinski definition) is 6. The number of carbonyl (C=O) groups excluding carboxylic acids is 1. The second kappa shape index (κ2) is 10.8. The number of para-hydroxylation sites is 1. The van der Waals surface area contributed by atoms with Gasteiger partial charge >= 0.3 is 5.97 Å². The summed E-state index contributed by atoms with van der Waals surface area (Å²) in [6.07, 6.45) is 1.06. The summed E-state index contributed by atoms with van der Waals surface area (Å²) in [7, 11) is -3.78. The van der Waals surface area contributed by atoms with E-state index < -0.39 is 22.0 Å². The molecule has 1 amide bonds. The average Bonchev–Trinajstić information content (AvgIpc) is 3.52. The van der Waals surface area contributed by atoms with Crippen LogP contribution >= 0.6 is 22.9 Å². The number of sulfonamides is 1. The zero-order valence-electron chi connectivity index (χ0n) is 18.5. The molecule has 0 bridgehead atoms. The predicted molar refractivity (Wildman–Crippen MR) is 132 cm³/mol. The van der Waals surface area contributed by atoms with E-state index in [1.165, 1.54) is 22.5 Å². The predicted octanol–water partition coefficient (Wildman–Crippen LogP) is 4.15. The first-order chi connectivity index (χ1) is 16.8. The summed E-state index contributed by atoms with van der Waals surface area (Å²) >= 11 is 6.87. The third kappa shape index (κ3) is 5.84. The summed E-state index contributed by atoms with van der Waals surface area (Å²) in [6.45, 7) is 0.727. The molecule has 1 aromatic heterocycles. The summed E-state index contributed by atoms with van der Waals surface area (Å²) in [6, 6.07) is 16.0. The molecule has 0 aliphatic carbocycles. The molecule has 184 valence electrons. The van der Waals surface area contributed by atoms with Crippen molar-refractivity contribution in [3.63, 3.8) is 0 Å². The Kier molecular flexibility index (Phi) is 7.75. The van der Waals surface area contributed by atoms with Crippen molar-refractivity contribution < 1.29 is 27.9 Å². The maximum atomic E-state index is 13.0. The number of carboxylic acid groups (broad SMARTS) is 1. The highest BCUT2D eigenvalue weighted by molar-refractivity contribution is 7.91.